The van der Waals surface area contributed by atoms with Gasteiger partial charge in [-0.15, -0.1) is 0 Å². The lowest BCUT2D eigenvalue weighted by atomic mass is 10.3. The summed E-state index contributed by atoms with van der Waals surface area (Å²) >= 11 is 0. The molecule has 0 saturated heterocycles. The summed E-state index contributed by atoms with van der Waals surface area (Å²) in [4.78, 5) is 7.87. The Kier molecular flexibility index (Phi) is 3.31. The lowest BCUT2D eigenvalue weighted by Crippen LogP contribution is -2.22. The van der Waals surface area contributed by atoms with Gasteiger partial charge in [-0.05, 0) is 19.1 Å². The Balaban J connectivity index is 1.94. The van der Waals surface area contributed by atoms with Crippen LogP contribution in [0.1, 0.15) is 12.6 Å². The van der Waals surface area contributed by atoms with Crippen molar-refractivity contribution in [2.45, 2.75) is 19.5 Å². The topological polar surface area (TPSA) is 79.4 Å². The van der Waals surface area contributed by atoms with E-state index in [0.29, 0.717) is 5.69 Å². The van der Waals surface area contributed by atoms with Crippen LogP contribution in [0, 0.1) is 11.3 Å². The molecule has 0 spiro atoms. The van der Waals surface area contributed by atoms with Gasteiger partial charge in [0.2, 0.25) is 0 Å². The van der Waals surface area contributed by atoms with Crippen LogP contribution in [0.15, 0.2) is 31.0 Å². The third-order valence-electron chi connectivity index (χ3n) is 2.22. The second-order valence-corrected chi connectivity index (χ2v) is 3.71. The Morgan fingerprint density at radius 3 is 3.00 bits per heavy atom. The Morgan fingerprint density at radius 1 is 1.53 bits per heavy atom. The first-order valence-corrected chi connectivity index (χ1v) is 5.23. The zero-order chi connectivity index (χ0) is 12.1. The van der Waals surface area contributed by atoms with Gasteiger partial charge in [0.25, 0.3) is 0 Å². The minimum Gasteiger partial charge on any atom is -0.379 e. The third kappa shape index (κ3) is 3.01. The van der Waals surface area contributed by atoms with Crippen LogP contribution in [-0.2, 0) is 6.54 Å². The molecular weight excluding hydrogens is 216 g/mol. The maximum Gasteiger partial charge on any atom is 0.140 e. The second kappa shape index (κ2) is 5.07. The van der Waals surface area contributed by atoms with Gasteiger partial charge in [-0.25, -0.2) is 9.97 Å². The molecule has 0 radical (unpaired) electrons. The molecule has 86 valence electrons. The number of nitrogens with zero attached hydrogens (tertiary/aromatic N) is 5. The SMILES string of the molecule is CC(Cn1cncn1)Nc1ccc(C#N)nc1. The Morgan fingerprint density at radius 2 is 2.41 bits per heavy atom. The third-order valence-corrected chi connectivity index (χ3v) is 2.22. The molecule has 0 fully saturated rings. The average molecular weight is 228 g/mol. The number of anilines is 1. The minimum atomic E-state index is 0.200. The molecule has 1 atom stereocenters. The molecule has 1 N–H and O–H groups in total. The van der Waals surface area contributed by atoms with Crippen molar-refractivity contribution >= 4 is 5.69 Å². The molecule has 0 bridgehead atoms. The van der Waals surface area contributed by atoms with E-state index in [1.165, 1.54) is 6.33 Å². The van der Waals surface area contributed by atoms with Crippen LogP contribution >= 0.6 is 0 Å². The van der Waals surface area contributed by atoms with Crippen molar-refractivity contribution in [1.82, 2.24) is 19.7 Å². The Hall–Kier alpha value is -2.42. The number of hydrogen-bond acceptors (Lipinski definition) is 5. The Bertz CT molecular complexity index is 496. The van der Waals surface area contributed by atoms with Crippen molar-refractivity contribution in [2.75, 3.05) is 5.32 Å². The summed E-state index contributed by atoms with van der Waals surface area (Å²) in [5.74, 6) is 0. The van der Waals surface area contributed by atoms with E-state index in [-0.39, 0.29) is 6.04 Å². The van der Waals surface area contributed by atoms with Crippen molar-refractivity contribution in [3.8, 4) is 6.07 Å². The molecule has 0 amide bonds. The van der Waals surface area contributed by atoms with Crippen molar-refractivity contribution in [1.29, 1.82) is 5.26 Å². The molecule has 17 heavy (non-hydrogen) atoms. The predicted molar refractivity (Wildman–Crippen MR) is 62.1 cm³/mol. The van der Waals surface area contributed by atoms with Crippen LogP contribution in [0.25, 0.3) is 0 Å². The monoisotopic (exact) mass is 228 g/mol. The lowest BCUT2D eigenvalue weighted by Gasteiger charge is -2.14. The molecule has 1 unspecified atom stereocenters. The van der Waals surface area contributed by atoms with Crippen molar-refractivity contribution in [3.05, 3.63) is 36.7 Å². The van der Waals surface area contributed by atoms with Gasteiger partial charge < -0.3 is 5.32 Å². The summed E-state index contributed by atoms with van der Waals surface area (Å²) in [7, 11) is 0. The fraction of sp³-hybridized carbons (Fsp3) is 0.273. The highest BCUT2D eigenvalue weighted by atomic mass is 15.3. The largest absolute Gasteiger partial charge is 0.379 e. The predicted octanol–water partition coefficient (Wildman–Crippen LogP) is 1.05. The normalized spacial score (nSPS) is 11.8. The van der Waals surface area contributed by atoms with Gasteiger partial charge in [-0.3, -0.25) is 4.68 Å². The van der Waals surface area contributed by atoms with Crippen LogP contribution < -0.4 is 5.32 Å². The summed E-state index contributed by atoms with van der Waals surface area (Å²) in [5.41, 5.74) is 1.30. The number of aromatic nitrogens is 4. The molecule has 0 saturated carbocycles. The highest BCUT2D eigenvalue weighted by Crippen LogP contribution is 2.07. The van der Waals surface area contributed by atoms with E-state index in [1.54, 1.807) is 23.3 Å². The molecule has 6 nitrogen and oxygen atoms in total. The number of nitriles is 1. The van der Waals surface area contributed by atoms with E-state index in [0.717, 1.165) is 12.2 Å². The number of nitrogens with one attached hydrogen (secondary N) is 1. The van der Waals surface area contributed by atoms with Crippen LogP contribution in [0.4, 0.5) is 5.69 Å². The first kappa shape index (κ1) is 11.1. The second-order valence-electron chi connectivity index (χ2n) is 3.71. The standard InChI is InChI=1S/C11H12N6/c1-9(6-17-8-13-7-15-17)16-11-3-2-10(4-12)14-5-11/h2-3,5,7-9,16H,6H2,1H3. The maximum absolute atomic E-state index is 8.63. The number of pyridine rings is 1. The first-order valence-electron chi connectivity index (χ1n) is 5.23. The van der Waals surface area contributed by atoms with Crippen LogP contribution in [0.5, 0.6) is 0 Å². The fourth-order valence-electron chi connectivity index (χ4n) is 1.48. The van der Waals surface area contributed by atoms with Crippen LogP contribution in [-0.4, -0.2) is 25.8 Å². The van der Waals surface area contributed by atoms with Gasteiger partial charge in [-0.1, -0.05) is 0 Å². The van der Waals surface area contributed by atoms with Gasteiger partial charge in [0.05, 0.1) is 18.4 Å². The van der Waals surface area contributed by atoms with Crippen molar-refractivity contribution in [3.63, 3.8) is 0 Å². The molecule has 2 rings (SSSR count). The zero-order valence-electron chi connectivity index (χ0n) is 9.41. The van der Waals surface area contributed by atoms with Gasteiger partial charge in [0.15, 0.2) is 0 Å². The number of rotatable bonds is 4. The zero-order valence-corrected chi connectivity index (χ0v) is 9.41. The van der Waals surface area contributed by atoms with Gasteiger partial charge in [-0.2, -0.15) is 10.4 Å². The first-order chi connectivity index (χ1) is 8.28. The minimum absolute atomic E-state index is 0.200. The smallest absolute Gasteiger partial charge is 0.140 e. The average Bonchev–Trinajstić information content (AvgIpc) is 2.82. The molecule has 2 heterocycles. The molecule has 0 aliphatic heterocycles. The quantitative estimate of drug-likeness (QED) is 0.845. The summed E-state index contributed by atoms with van der Waals surface area (Å²) in [6.45, 7) is 2.76. The highest BCUT2D eigenvalue weighted by Gasteiger charge is 2.03. The highest BCUT2D eigenvalue weighted by molar-refractivity contribution is 5.43. The Labute approximate surface area is 98.9 Å². The molecule has 0 aromatic carbocycles. The van der Waals surface area contributed by atoms with Gasteiger partial charge >= 0.3 is 0 Å². The molecule has 2 aromatic rings. The molecule has 0 aliphatic carbocycles. The molecular formula is C11H12N6. The van der Waals surface area contributed by atoms with E-state index < -0.39 is 0 Å². The number of hydrogen-bond donors (Lipinski definition) is 1. The van der Waals surface area contributed by atoms with E-state index in [1.807, 2.05) is 19.1 Å². The summed E-state index contributed by atoms with van der Waals surface area (Å²) in [5, 5.41) is 15.9. The van der Waals surface area contributed by atoms with E-state index in [4.69, 9.17) is 5.26 Å². The van der Waals surface area contributed by atoms with E-state index in [9.17, 15) is 0 Å². The van der Waals surface area contributed by atoms with Crippen LogP contribution in [0.2, 0.25) is 0 Å². The van der Waals surface area contributed by atoms with Crippen molar-refractivity contribution in [2.24, 2.45) is 0 Å². The molecule has 6 heteroatoms. The van der Waals surface area contributed by atoms with Crippen molar-refractivity contribution < 1.29 is 0 Å². The summed E-state index contributed by atoms with van der Waals surface area (Å²) in [6.07, 6.45) is 4.83. The van der Waals surface area contributed by atoms with Crippen LogP contribution in [0.3, 0.4) is 0 Å². The summed E-state index contributed by atoms with van der Waals surface area (Å²) < 4.78 is 1.76. The van der Waals surface area contributed by atoms with E-state index in [2.05, 4.69) is 20.4 Å². The lowest BCUT2D eigenvalue weighted by molar-refractivity contribution is 0.559. The maximum atomic E-state index is 8.63. The fourth-order valence-corrected chi connectivity index (χ4v) is 1.48. The van der Waals surface area contributed by atoms with E-state index >= 15 is 0 Å². The summed E-state index contributed by atoms with van der Waals surface area (Å²) in [6, 6.07) is 5.70. The van der Waals surface area contributed by atoms with Gasteiger partial charge in [0.1, 0.15) is 24.4 Å². The molecule has 0 aliphatic rings. The molecule has 2 aromatic heterocycles. The van der Waals surface area contributed by atoms with Gasteiger partial charge in [0, 0.05) is 6.04 Å².